The zero-order valence-electron chi connectivity index (χ0n) is 15.7. The van der Waals surface area contributed by atoms with Crippen molar-refractivity contribution in [2.45, 2.75) is 25.3 Å². The van der Waals surface area contributed by atoms with Gasteiger partial charge < -0.3 is 15.4 Å². The number of rotatable bonds is 8. The van der Waals surface area contributed by atoms with Gasteiger partial charge in [0.2, 0.25) is 5.91 Å². The summed E-state index contributed by atoms with van der Waals surface area (Å²) < 4.78 is 5.07. The van der Waals surface area contributed by atoms with Crippen LogP contribution in [0.4, 0.5) is 10.5 Å². The van der Waals surface area contributed by atoms with E-state index in [1.807, 2.05) is 30.3 Å². The van der Waals surface area contributed by atoms with Gasteiger partial charge in [-0.3, -0.25) is 14.5 Å². The van der Waals surface area contributed by atoms with Crippen LogP contribution in [-0.2, 0) is 16.0 Å². The molecule has 0 aromatic heterocycles. The van der Waals surface area contributed by atoms with Crippen molar-refractivity contribution in [2.24, 2.45) is 0 Å². The summed E-state index contributed by atoms with van der Waals surface area (Å²) in [4.78, 5) is 37.9. The van der Waals surface area contributed by atoms with Crippen molar-refractivity contribution in [1.29, 1.82) is 0 Å². The molecule has 1 aliphatic rings. The molecule has 0 saturated carbocycles. The molecule has 2 aromatic carbocycles. The Morgan fingerprint density at radius 3 is 2.50 bits per heavy atom. The number of hydrogen-bond acceptors (Lipinski definition) is 4. The van der Waals surface area contributed by atoms with Gasteiger partial charge in [-0.1, -0.05) is 30.3 Å². The molecule has 1 atom stereocenters. The average Bonchev–Trinajstić information content (AvgIpc) is 2.99. The number of imide groups is 1. The van der Waals surface area contributed by atoms with E-state index in [1.54, 1.807) is 31.4 Å². The third-order valence-corrected chi connectivity index (χ3v) is 4.61. The van der Waals surface area contributed by atoms with Gasteiger partial charge in [-0.25, -0.2) is 4.79 Å². The van der Waals surface area contributed by atoms with Gasteiger partial charge in [0, 0.05) is 18.7 Å². The largest absolute Gasteiger partial charge is 0.497 e. The summed E-state index contributed by atoms with van der Waals surface area (Å²) in [7, 11) is 1.57. The minimum atomic E-state index is -0.662. The Labute approximate surface area is 163 Å². The van der Waals surface area contributed by atoms with Crippen LogP contribution in [0.15, 0.2) is 54.6 Å². The molecule has 146 valence electrons. The SMILES string of the molecule is COc1ccc(NC(=O)CC[C@@H]2NC(=O)N(CCc3ccccc3)C2=O)cc1. The number of nitrogens with zero attached hydrogens (tertiary/aromatic N) is 1. The fourth-order valence-corrected chi connectivity index (χ4v) is 3.04. The minimum Gasteiger partial charge on any atom is -0.497 e. The number of carbonyl (C=O) groups excluding carboxylic acids is 3. The summed E-state index contributed by atoms with van der Waals surface area (Å²) >= 11 is 0. The first-order chi connectivity index (χ1) is 13.6. The van der Waals surface area contributed by atoms with Crippen LogP contribution in [0.3, 0.4) is 0 Å². The second kappa shape index (κ2) is 9.03. The molecule has 2 aromatic rings. The van der Waals surface area contributed by atoms with E-state index >= 15 is 0 Å². The lowest BCUT2D eigenvalue weighted by Gasteiger charge is -2.13. The topological polar surface area (TPSA) is 87.7 Å². The van der Waals surface area contributed by atoms with Crippen LogP contribution in [0.2, 0.25) is 0 Å². The second-order valence-corrected chi connectivity index (χ2v) is 6.54. The van der Waals surface area contributed by atoms with Gasteiger partial charge in [-0.15, -0.1) is 0 Å². The van der Waals surface area contributed by atoms with Crippen LogP contribution in [0.5, 0.6) is 5.75 Å². The number of anilines is 1. The number of carbonyl (C=O) groups is 3. The van der Waals surface area contributed by atoms with Crippen LogP contribution in [0, 0.1) is 0 Å². The first-order valence-electron chi connectivity index (χ1n) is 9.16. The maximum Gasteiger partial charge on any atom is 0.324 e. The summed E-state index contributed by atoms with van der Waals surface area (Å²) in [6.45, 7) is 0.323. The van der Waals surface area contributed by atoms with Gasteiger partial charge in [0.25, 0.3) is 5.91 Å². The van der Waals surface area contributed by atoms with E-state index in [9.17, 15) is 14.4 Å². The lowest BCUT2D eigenvalue weighted by Crippen LogP contribution is -2.33. The molecule has 3 rings (SSSR count). The number of methoxy groups -OCH3 is 1. The van der Waals surface area contributed by atoms with Gasteiger partial charge in [0.05, 0.1) is 7.11 Å². The van der Waals surface area contributed by atoms with Crippen molar-refractivity contribution in [2.75, 3.05) is 19.0 Å². The van der Waals surface area contributed by atoms with Crippen LogP contribution < -0.4 is 15.4 Å². The third-order valence-electron chi connectivity index (χ3n) is 4.61. The first-order valence-corrected chi connectivity index (χ1v) is 9.16. The summed E-state index contributed by atoms with van der Waals surface area (Å²) in [6.07, 6.45) is 0.994. The maximum atomic E-state index is 12.5. The normalized spacial score (nSPS) is 16.0. The Kier molecular flexibility index (Phi) is 6.26. The lowest BCUT2D eigenvalue weighted by molar-refractivity contribution is -0.127. The van der Waals surface area contributed by atoms with Crippen molar-refractivity contribution in [1.82, 2.24) is 10.2 Å². The molecule has 7 nitrogen and oxygen atoms in total. The molecule has 0 radical (unpaired) electrons. The van der Waals surface area contributed by atoms with E-state index in [2.05, 4.69) is 10.6 Å². The van der Waals surface area contributed by atoms with E-state index in [1.165, 1.54) is 4.90 Å². The maximum absolute atomic E-state index is 12.5. The van der Waals surface area contributed by atoms with Crippen LogP contribution in [-0.4, -0.2) is 42.4 Å². The lowest BCUT2D eigenvalue weighted by atomic mass is 10.1. The highest BCUT2D eigenvalue weighted by Crippen LogP contribution is 2.16. The predicted molar refractivity (Wildman–Crippen MR) is 105 cm³/mol. The Bertz CT molecular complexity index is 836. The molecule has 0 spiro atoms. The van der Waals surface area contributed by atoms with Crippen LogP contribution in [0.1, 0.15) is 18.4 Å². The van der Waals surface area contributed by atoms with Gasteiger partial charge in [-0.2, -0.15) is 0 Å². The van der Waals surface area contributed by atoms with E-state index in [0.29, 0.717) is 24.4 Å². The van der Waals surface area contributed by atoms with Crippen molar-refractivity contribution < 1.29 is 19.1 Å². The number of benzene rings is 2. The fraction of sp³-hybridized carbons (Fsp3) is 0.286. The molecule has 7 heteroatoms. The van der Waals surface area contributed by atoms with Crippen molar-refractivity contribution in [3.63, 3.8) is 0 Å². The van der Waals surface area contributed by atoms with Gasteiger partial charge >= 0.3 is 6.03 Å². The third kappa shape index (κ3) is 4.88. The predicted octanol–water partition coefficient (Wildman–Crippen LogP) is 2.58. The minimum absolute atomic E-state index is 0.134. The summed E-state index contributed by atoms with van der Waals surface area (Å²) in [5, 5.41) is 5.43. The number of amides is 4. The van der Waals surface area contributed by atoms with E-state index in [-0.39, 0.29) is 24.7 Å². The smallest absolute Gasteiger partial charge is 0.324 e. The molecular formula is C21H23N3O4. The fourth-order valence-electron chi connectivity index (χ4n) is 3.04. The Hall–Kier alpha value is -3.35. The Morgan fingerprint density at radius 1 is 1.11 bits per heavy atom. The van der Waals surface area contributed by atoms with Crippen LogP contribution in [0.25, 0.3) is 0 Å². The number of urea groups is 1. The highest BCUT2D eigenvalue weighted by atomic mass is 16.5. The van der Waals surface area contributed by atoms with E-state index in [0.717, 1.165) is 5.56 Å². The van der Waals surface area contributed by atoms with Crippen molar-refractivity contribution >= 4 is 23.5 Å². The Balaban J connectivity index is 1.47. The molecule has 1 saturated heterocycles. The number of ether oxygens (including phenoxy) is 1. The Morgan fingerprint density at radius 2 is 1.82 bits per heavy atom. The van der Waals surface area contributed by atoms with Crippen molar-refractivity contribution in [3.8, 4) is 5.75 Å². The molecule has 0 unspecified atom stereocenters. The van der Waals surface area contributed by atoms with Crippen LogP contribution >= 0.6 is 0 Å². The highest BCUT2D eigenvalue weighted by molar-refractivity contribution is 6.04. The zero-order valence-corrected chi connectivity index (χ0v) is 15.7. The quantitative estimate of drug-likeness (QED) is 0.688. The molecule has 1 fully saturated rings. The molecule has 1 aliphatic heterocycles. The molecular weight excluding hydrogens is 358 g/mol. The molecule has 4 amide bonds. The molecule has 28 heavy (non-hydrogen) atoms. The summed E-state index contributed by atoms with van der Waals surface area (Å²) in [5.74, 6) is 0.209. The van der Waals surface area contributed by atoms with Crippen molar-refractivity contribution in [3.05, 3.63) is 60.2 Å². The monoisotopic (exact) mass is 381 g/mol. The van der Waals surface area contributed by atoms with E-state index < -0.39 is 12.1 Å². The van der Waals surface area contributed by atoms with Gasteiger partial charge in [-0.05, 0) is 42.7 Å². The molecule has 0 aliphatic carbocycles. The molecule has 0 bridgehead atoms. The van der Waals surface area contributed by atoms with Gasteiger partial charge in [0.1, 0.15) is 11.8 Å². The zero-order chi connectivity index (χ0) is 19.9. The standard InChI is InChI=1S/C21H23N3O4/c1-28-17-9-7-16(8-10-17)22-19(25)12-11-18-20(26)24(21(27)23-18)14-13-15-5-3-2-4-6-15/h2-10,18H,11-14H2,1H3,(H,22,25)(H,23,27)/t18-/m0/s1. The van der Waals surface area contributed by atoms with Gasteiger partial charge in [0.15, 0.2) is 0 Å². The molecule has 1 heterocycles. The summed E-state index contributed by atoms with van der Waals surface area (Å²) in [6, 6.07) is 15.6. The van der Waals surface area contributed by atoms with E-state index in [4.69, 9.17) is 4.74 Å². The number of nitrogens with one attached hydrogen (secondary N) is 2. The molecule has 2 N–H and O–H groups in total. The average molecular weight is 381 g/mol. The second-order valence-electron chi connectivity index (χ2n) is 6.54. The number of hydrogen-bond donors (Lipinski definition) is 2. The summed E-state index contributed by atoms with van der Waals surface area (Å²) in [5.41, 5.74) is 1.71. The first kappa shape index (κ1) is 19.4. The highest BCUT2D eigenvalue weighted by Gasteiger charge is 2.37.